The van der Waals surface area contributed by atoms with Gasteiger partial charge in [0.1, 0.15) is 5.82 Å². The standard InChI is InChI=1S/C27H26FN7O3/c1-27(25(36)31-18-6-7-18)14-37-24(38-15-27)23-34-21(16-2-4-17(28)5-3-16)22(35-23)20-10-13-30-26(33-20)32-19-8-11-29-12-9-19/h2-5,8-13,18,24H,6-7,14-15H2,1H3,(H,31,36)(H,34,35)(H,29,30,32,33). The molecular weight excluding hydrogens is 489 g/mol. The third-order valence-corrected chi connectivity index (χ3v) is 6.48. The van der Waals surface area contributed by atoms with Crippen LogP contribution < -0.4 is 10.6 Å². The SMILES string of the molecule is CC1(C(=O)NC2CC2)COC(c2nc(-c3ccc(F)cc3)c(-c3ccnc(Nc4ccncc4)n3)[nH]2)OC1. The van der Waals surface area contributed by atoms with Crippen LogP contribution in [0.25, 0.3) is 22.6 Å². The Kier molecular flexibility index (Phi) is 6.30. The van der Waals surface area contributed by atoms with Gasteiger partial charge in [0.25, 0.3) is 0 Å². The number of nitrogens with zero attached hydrogens (tertiary/aromatic N) is 4. The Morgan fingerprint density at radius 3 is 2.47 bits per heavy atom. The summed E-state index contributed by atoms with van der Waals surface area (Å²) in [5.41, 5.74) is 2.42. The zero-order chi connectivity index (χ0) is 26.1. The molecule has 11 heteroatoms. The molecule has 0 unspecified atom stereocenters. The number of aromatic nitrogens is 5. The van der Waals surface area contributed by atoms with E-state index in [0.29, 0.717) is 34.4 Å². The number of rotatable bonds is 7. The summed E-state index contributed by atoms with van der Waals surface area (Å²) in [5, 5.41) is 6.18. The second-order valence-electron chi connectivity index (χ2n) is 9.74. The van der Waals surface area contributed by atoms with E-state index in [9.17, 15) is 9.18 Å². The maximum Gasteiger partial charge on any atom is 0.230 e. The van der Waals surface area contributed by atoms with E-state index in [1.807, 2.05) is 19.1 Å². The molecule has 1 aromatic carbocycles. The number of carbonyl (C=O) groups excluding carboxylic acids is 1. The lowest BCUT2D eigenvalue weighted by Crippen LogP contribution is -2.49. The summed E-state index contributed by atoms with van der Waals surface area (Å²) in [6, 6.07) is 11.7. The number of carbonyl (C=O) groups is 1. The number of pyridine rings is 1. The maximum absolute atomic E-state index is 13.7. The van der Waals surface area contributed by atoms with Gasteiger partial charge in [-0.2, -0.15) is 0 Å². The second-order valence-corrected chi connectivity index (χ2v) is 9.74. The van der Waals surface area contributed by atoms with E-state index >= 15 is 0 Å². The molecule has 2 aliphatic rings. The Morgan fingerprint density at radius 2 is 1.76 bits per heavy atom. The van der Waals surface area contributed by atoms with Gasteiger partial charge in [-0.15, -0.1) is 0 Å². The number of aromatic amines is 1. The van der Waals surface area contributed by atoms with Gasteiger partial charge in [-0.3, -0.25) is 9.78 Å². The zero-order valence-corrected chi connectivity index (χ0v) is 20.6. The van der Waals surface area contributed by atoms with Crippen molar-refractivity contribution in [1.82, 2.24) is 30.2 Å². The van der Waals surface area contributed by atoms with Crippen LogP contribution in [0.2, 0.25) is 0 Å². The van der Waals surface area contributed by atoms with Crippen LogP contribution in [0, 0.1) is 11.2 Å². The van der Waals surface area contributed by atoms with Crippen molar-refractivity contribution >= 4 is 17.5 Å². The molecule has 38 heavy (non-hydrogen) atoms. The van der Waals surface area contributed by atoms with Gasteiger partial charge in [0.15, 0.2) is 5.82 Å². The highest BCUT2D eigenvalue weighted by molar-refractivity contribution is 5.83. The molecule has 194 valence electrons. The van der Waals surface area contributed by atoms with Gasteiger partial charge in [-0.25, -0.2) is 19.3 Å². The highest BCUT2D eigenvalue weighted by atomic mass is 19.1. The summed E-state index contributed by atoms with van der Waals surface area (Å²) < 4.78 is 25.6. The fourth-order valence-corrected chi connectivity index (χ4v) is 4.11. The van der Waals surface area contributed by atoms with Crippen LogP contribution >= 0.6 is 0 Å². The molecule has 3 N–H and O–H groups in total. The predicted molar refractivity (Wildman–Crippen MR) is 136 cm³/mol. The number of H-pyrrole nitrogens is 1. The fourth-order valence-electron chi connectivity index (χ4n) is 4.11. The molecule has 4 aromatic rings. The van der Waals surface area contributed by atoms with Gasteiger partial charge in [-0.1, -0.05) is 0 Å². The van der Waals surface area contributed by atoms with Crippen LogP contribution in [-0.2, 0) is 14.3 Å². The Bertz CT molecular complexity index is 1430. The molecule has 1 aliphatic heterocycles. The quantitative estimate of drug-likeness (QED) is 0.335. The van der Waals surface area contributed by atoms with Gasteiger partial charge in [0.2, 0.25) is 18.1 Å². The Labute approximate surface area is 218 Å². The first-order valence-electron chi connectivity index (χ1n) is 12.4. The van der Waals surface area contributed by atoms with E-state index < -0.39 is 11.7 Å². The van der Waals surface area contributed by atoms with Gasteiger partial charge < -0.3 is 25.1 Å². The zero-order valence-electron chi connectivity index (χ0n) is 20.6. The monoisotopic (exact) mass is 515 g/mol. The second kappa shape index (κ2) is 9.92. The summed E-state index contributed by atoms with van der Waals surface area (Å²) >= 11 is 0. The van der Waals surface area contributed by atoms with Gasteiger partial charge in [0.05, 0.1) is 35.7 Å². The summed E-state index contributed by atoms with van der Waals surface area (Å²) in [7, 11) is 0. The summed E-state index contributed by atoms with van der Waals surface area (Å²) in [6.07, 6.45) is 6.20. The number of hydrogen-bond donors (Lipinski definition) is 3. The Balaban J connectivity index is 1.29. The number of anilines is 2. The minimum atomic E-state index is -0.805. The minimum Gasteiger partial charge on any atom is -0.353 e. The van der Waals surface area contributed by atoms with Crippen molar-refractivity contribution in [3.05, 3.63) is 72.7 Å². The molecule has 0 atom stereocenters. The first kappa shape index (κ1) is 24.1. The van der Waals surface area contributed by atoms with Crippen LogP contribution in [0.15, 0.2) is 61.1 Å². The van der Waals surface area contributed by atoms with Crippen molar-refractivity contribution in [1.29, 1.82) is 0 Å². The average molecular weight is 516 g/mol. The highest BCUT2D eigenvalue weighted by Gasteiger charge is 2.42. The van der Waals surface area contributed by atoms with Crippen molar-refractivity contribution in [2.45, 2.75) is 32.1 Å². The van der Waals surface area contributed by atoms with Crippen LogP contribution in [0.1, 0.15) is 31.9 Å². The molecule has 0 radical (unpaired) electrons. The Morgan fingerprint density at radius 1 is 1.03 bits per heavy atom. The van der Waals surface area contributed by atoms with Crippen molar-refractivity contribution in [2.24, 2.45) is 5.41 Å². The summed E-state index contributed by atoms with van der Waals surface area (Å²) in [4.78, 5) is 33.7. The van der Waals surface area contributed by atoms with Gasteiger partial charge in [-0.05, 0) is 62.2 Å². The number of imidazole rings is 1. The average Bonchev–Trinajstić information content (AvgIpc) is 3.64. The van der Waals surface area contributed by atoms with Crippen LogP contribution in [0.5, 0.6) is 0 Å². The number of amides is 1. The van der Waals surface area contributed by atoms with Crippen molar-refractivity contribution < 1.29 is 18.7 Å². The molecule has 0 spiro atoms. The van der Waals surface area contributed by atoms with E-state index in [1.54, 1.807) is 36.8 Å². The van der Waals surface area contributed by atoms with Crippen molar-refractivity contribution in [2.75, 3.05) is 18.5 Å². The third-order valence-electron chi connectivity index (χ3n) is 6.48. The molecule has 3 aromatic heterocycles. The lowest BCUT2D eigenvalue weighted by Gasteiger charge is -2.35. The largest absolute Gasteiger partial charge is 0.353 e. The molecule has 1 aliphatic carbocycles. The fraction of sp³-hybridized carbons (Fsp3) is 0.296. The van der Waals surface area contributed by atoms with Crippen LogP contribution in [0.3, 0.4) is 0 Å². The Hall–Kier alpha value is -4.22. The smallest absolute Gasteiger partial charge is 0.230 e. The molecule has 10 nitrogen and oxygen atoms in total. The van der Waals surface area contributed by atoms with Gasteiger partial charge in [0, 0.05) is 35.9 Å². The number of nitrogens with one attached hydrogen (secondary N) is 3. The van der Waals surface area contributed by atoms with E-state index in [2.05, 4.69) is 30.6 Å². The lowest BCUT2D eigenvalue weighted by atomic mass is 9.91. The van der Waals surface area contributed by atoms with E-state index in [4.69, 9.17) is 14.5 Å². The van der Waals surface area contributed by atoms with E-state index in [1.165, 1.54) is 12.1 Å². The maximum atomic E-state index is 13.7. The summed E-state index contributed by atoms with van der Waals surface area (Å²) in [5.74, 6) is 0.393. The van der Waals surface area contributed by atoms with Crippen LogP contribution in [-0.4, -0.2) is 50.1 Å². The van der Waals surface area contributed by atoms with Gasteiger partial charge >= 0.3 is 0 Å². The van der Waals surface area contributed by atoms with E-state index in [-0.39, 0.29) is 31.0 Å². The first-order valence-corrected chi connectivity index (χ1v) is 12.4. The minimum absolute atomic E-state index is 0.0687. The van der Waals surface area contributed by atoms with Crippen LogP contribution in [0.4, 0.5) is 16.0 Å². The molecular formula is C27H26FN7O3. The normalized spacial score (nSPS) is 21.2. The molecule has 0 bridgehead atoms. The molecule has 4 heterocycles. The third kappa shape index (κ3) is 5.11. The number of ether oxygens (including phenoxy) is 2. The highest BCUT2D eigenvalue weighted by Crippen LogP contribution is 2.36. The first-order chi connectivity index (χ1) is 18.5. The molecule has 2 fully saturated rings. The molecule has 1 amide bonds. The molecule has 1 saturated heterocycles. The topological polar surface area (TPSA) is 127 Å². The predicted octanol–water partition coefficient (Wildman–Crippen LogP) is 4.14. The molecule has 6 rings (SSSR count). The van der Waals surface area contributed by atoms with Crippen molar-refractivity contribution in [3.63, 3.8) is 0 Å². The number of hydrogen-bond acceptors (Lipinski definition) is 8. The number of benzene rings is 1. The summed E-state index contributed by atoms with van der Waals surface area (Å²) in [6.45, 7) is 2.20. The lowest BCUT2D eigenvalue weighted by molar-refractivity contribution is -0.231. The van der Waals surface area contributed by atoms with Crippen molar-refractivity contribution in [3.8, 4) is 22.6 Å². The molecule has 1 saturated carbocycles. The number of halogens is 1. The van der Waals surface area contributed by atoms with E-state index in [0.717, 1.165) is 18.5 Å².